The Morgan fingerprint density at radius 1 is 0.870 bits per heavy atom. The average molecular weight is 315 g/mol. The highest BCUT2D eigenvalue weighted by molar-refractivity contribution is 5.40. The van der Waals surface area contributed by atoms with Gasteiger partial charge in [0.15, 0.2) is 0 Å². The first-order chi connectivity index (χ1) is 11.3. The molecule has 1 aliphatic carbocycles. The fraction of sp³-hybridized carbons (Fsp3) is 0.778. The predicted molar refractivity (Wildman–Crippen MR) is 92.8 cm³/mol. The quantitative estimate of drug-likeness (QED) is 0.851. The normalized spacial score (nSPS) is 25.5. The van der Waals surface area contributed by atoms with Crippen LogP contribution in [0.4, 0.5) is 5.82 Å². The molecule has 2 aliphatic heterocycles. The minimum atomic E-state index is 0.714. The lowest BCUT2D eigenvalue weighted by Gasteiger charge is -2.49. The Balaban J connectivity index is 1.24. The summed E-state index contributed by atoms with van der Waals surface area (Å²) in [6.45, 7) is 9.27. The summed E-state index contributed by atoms with van der Waals surface area (Å²) in [7, 11) is 0. The highest BCUT2D eigenvalue weighted by Crippen LogP contribution is 2.26. The molecular weight excluding hydrogens is 286 g/mol. The van der Waals surface area contributed by atoms with Crippen molar-refractivity contribution in [2.75, 3.05) is 44.2 Å². The van der Waals surface area contributed by atoms with Crippen molar-refractivity contribution >= 4 is 5.82 Å². The summed E-state index contributed by atoms with van der Waals surface area (Å²) in [4.78, 5) is 16.7. The largest absolute Gasteiger partial charge is 0.352 e. The number of nitrogens with zero attached hydrogens (tertiary/aromatic N) is 5. The third-order valence-electron chi connectivity index (χ3n) is 5.88. The molecule has 0 atom stereocenters. The van der Waals surface area contributed by atoms with Crippen LogP contribution in [0.1, 0.15) is 37.8 Å². The summed E-state index contributed by atoms with van der Waals surface area (Å²) in [6.07, 6.45) is 10.9. The van der Waals surface area contributed by atoms with E-state index in [1.54, 1.807) is 0 Å². The molecule has 1 saturated carbocycles. The molecule has 23 heavy (non-hydrogen) atoms. The third kappa shape index (κ3) is 3.36. The molecule has 0 radical (unpaired) electrons. The molecule has 3 aliphatic rings. The maximum absolute atomic E-state index is 4.58. The Morgan fingerprint density at radius 2 is 1.52 bits per heavy atom. The highest BCUT2D eigenvalue weighted by atomic mass is 15.4. The van der Waals surface area contributed by atoms with Crippen molar-refractivity contribution in [3.8, 4) is 0 Å². The fourth-order valence-electron chi connectivity index (χ4n) is 4.39. The second kappa shape index (κ2) is 6.73. The number of hydrogen-bond acceptors (Lipinski definition) is 5. The van der Waals surface area contributed by atoms with Crippen LogP contribution in [-0.2, 0) is 0 Å². The highest BCUT2D eigenvalue weighted by Gasteiger charge is 2.35. The molecule has 0 aromatic carbocycles. The smallest absolute Gasteiger partial charge is 0.147 e. The molecule has 1 aromatic heterocycles. The molecule has 0 N–H and O–H groups in total. The molecule has 5 heteroatoms. The van der Waals surface area contributed by atoms with Gasteiger partial charge in [0.05, 0.1) is 11.9 Å². The monoisotopic (exact) mass is 315 g/mol. The van der Waals surface area contributed by atoms with Crippen LogP contribution in [0.15, 0.2) is 12.4 Å². The minimum absolute atomic E-state index is 0.714. The summed E-state index contributed by atoms with van der Waals surface area (Å²) in [5.74, 6) is 1.04. The summed E-state index contributed by atoms with van der Waals surface area (Å²) in [6, 6.07) is 1.59. The van der Waals surface area contributed by atoms with Crippen LogP contribution >= 0.6 is 0 Å². The van der Waals surface area contributed by atoms with Crippen molar-refractivity contribution < 1.29 is 0 Å². The SMILES string of the molecule is Cc1cncc(N2CC(N3CCN(C4CCCCC4)CC3)C2)n1. The van der Waals surface area contributed by atoms with Gasteiger partial charge < -0.3 is 4.90 Å². The molecule has 3 heterocycles. The number of piperazine rings is 1. The molecule has 4 rings (SSSR count). The predicted octanol–water partition coefficient (Wildman–Crippen LogP) is 1.92. The maximum Gasteiger partial charge on any atom is 0.147 e. The van der Waals surface area contributed by atoms with Crippen LogP contribution < -0.4 is 4.90 Å². The summed E-state index contributed by atoms with van der Waals surface area (Å²) >= 11 is 0. The van der Waals surface area contributed by atoms with E-state index >= 15 is 0 Å². The van der Waals surface area contributed by atoms with Gasteiger partial charge >= 0.3 is 0 Å². The Hall–Kier alpha value is -1.20. The summed E-state index contributed by atoms with van der Waals surface area (Å²) < 4.78 is 0. The average Bonchev–Trinajstić information content (AvgIpc) is 2.55. The zero-order valence-electron chi connectivity index (χ0n) is 14.3. The van der Waals surface area contributed by atoms with E-state index in [0.29, 0.717) is 6.04 Å². The van der Waals surface area contributed by atoms with Crippen LogP contribution in [-0.4, -0.2) is 71.1 Å². The van der Waals surface area contributed by atoms with E-state index in [2.05, 4.69) is 24.7 Å². The molecular formula is C18H29N5. The van der Waals surface area contributed by atoms with Gasteiger partial charge in [-0.15, -0.1) is 0 Å². The van der Waals surface area contributed by atoms with Crippen LogP contribution in [0.2, 0.25) is 0 Å². The van der Waals surface area contributed by atoms with Crippen molar-refractivity contribution in [3.05, 3.63) is 18.1 Å². The van der Waals surface area contributed by atoms with E-state index in [1.807, 2.05) is 19.3 Å². The van der Waals surface area contributed by atoms with Gasteiger partial charge in [-0.1, -0.05) is 19.3 Å². The molecule has 2 saturated heterocycles. The van der Waals surface area contributed by atoms with Crippen LogP contribution in [0.5, 0.6) is 0 Å². The number of aryl methyl sites for hydroxylation is 1. The standard InChI is InChI=1S/C18H29N5/c1-15-11-19-12-18(20-15)23-13-17(14-23)22-9-7-21(8-10-22)16-5-3-2-4-6-16/h11-12,16-17H,2-10,13-14H2,1H3. The topological polar surface area (TPSA) is 35.5 Å². The van der Waals surface area contributed by atoms with Gasteiger partial charge in [-0.2, -0.15) is 0 Å². The van der Waals surface area contributed by atoms with E-state index in [9.17, 15) is 0 Å². The lowest BCUT2D eigenvalue weighted by molar-refractivity contribution is 0.0487. The van der Waals surface area contributed by atoms with Gasteiger partial charge in [-0.3, -0.25) is 14.8 Å². The van der Waals surface area contributed by atoms with Gasteiger partial charge in [0, 0.05) is 57.5 Å². The molecule has 1 aromatic rings. The number of aromatic nitrogens is 2. The third-order valence-corrected chi connectivity index (χ3v) is 5.88. The summed E-state index contributed by atoms with van der Waals surface area (Å²) in [5.41, 5.74) is 1.01. The van der Waals surface area contributed by atoms with E-state index < -0.39 is 0 Å². The lowest BCUT2D eigenvalue weighted by atomic mass is 9.93. The second-order valence-corrected chi connectivity index (χ2v) is 7.44. The van der Waals surface area contributed by atoms with Crippen LogP contribution in [0.25, 0.3) is 0 Å². The van der Waals surface area contributed by atoms with Gasteiger partial charge in [0.25, 0.3) is 0 Å². The van der Waals surface area contributed by atoms with Crippen molar-refractivity contribution in [3.63, 3.8) is 0 Å². The first-order valence-electron chi connectivity index (χ1n) is 9.31. The van der Waals surface area contributed by atoms with Gasteiger partial charge in [0.1, 0.15) is 5.82 Å². The Bertz CT molecular complexity index is 514. The zero-order chi connectivity index (χ0) is 15.6. The van der Waals surface area contributed by atoms with Crippen molar-refractivity contribution in [1.29, 1.82) is 0 Å². The Kier molecular flexibility index (Phi) is 4.49. The van der Waals surface area contributed by atoms with E-state index in [1.165, 1.54) is 58.3 Å². The minimum Gasteiger partial charge on any atom is -0.352 e. The molecule has 0 spiro atoms. The first kappa shape index (κ1) is 15.3. The van der Waals surface area contributed by atoms with Gasteiger partial charge in [0.2, 0.25) is 0 Å². The molecule has 0 unspecified atom stereocenters. The molecule has 0 bridgehead atoms. The lowest BCUT2D eigenvalue weighted by Crippen LogP contribution is -2.64. The van der Waals surface area contributed by atoms with Gasteiger partial charge in [-0.05, 0) is 19.8 Å². The zero-order valence-corrected chi connectivity index (χ0v) is 14.3. The first-order valence-corrected chi connectivity index (χ1v) is 9.31. The Labute approximate surface area is 139 Å². The van der Waals surface area contributed by atoms with Crippen molar-refractivity contribution in [2.24, 2.45) is 0 Å². The number of hydrogen-bond donors (Lipinski definition) is 0. The number of rotatable bonds is 3. The van der Waals surface area contributed by atoms with Crippen LogP contribution in [0, 0.1) is 6.92 Å². The van der Waals surface area contributed by atoms with E-state index in [-0.39, 0.29) is 0 Å². The molecule has 0 amide bonds. The second-order valence-electron chi connectivity index (χ2n) is 7.44. The molecule has 3 fully saturated rings. The summed E-state index contributed by atoms with van der Waals surface area (Å²) in [5, 5.41) is 0. The van der Waals surface area contributed by atoms with Gasteiger partial charge in [-0.25, -0.2) is 4.98 Å². The van der Waals surface area contributed by atoms with Crippen LogP contribution in [0.3, 0.4) is 0 Å². The van der Waals surface area contributed by atoms with Crippen molar-refractivity contribution in [1.82, 2.24) is 19.8 Å². The Morgan fingerprint density at radius 3 is 2.17 bits per heavy atom. The van der Waals surface area contributed by atoms with E-state index in [0.717, 1.165) is 30.6 Å². The maximum atomic E-state index is 4.58. The molecule has 5 nitrogen and oxygen atoms in total. The van der Waals surface area contributed by atoms with Crippen molar-refractivity contribution in [2.45, 2.75) is 51.1 Å². The number of anilines is 1. The fourth-order valence-corrected chi connectivity index (χ4v) is 4.39. The molecule has 126 valence electrons. The van der Waals surface area contributed by atoms with E-state index in [4.69, 9.17) is 0 Å².